The van der Waals surface area contributed by atoms with Crippen LogP contribution >= 0.6 is 11.6 Å². The van der Waals surface area contributed by atoms with Crippen LogP contribution in [0.3, 0.4) is 0 Å². The summed E-state index contributed by atoms with van der Waals surface area (Å²) in [5.41, 5.74) is -0.707. The molecule has 1 aromatic carbocycles. The molecule has 0 saturated heterocycles. The molecule has 0 bridgehead atoms. The number of amides is 2. The minimum atomic E-state index is -4.65. The van der Waals surface area contributed by atoms with Gasteiger partial charge in [-0.05, 0) is 31.9 Å². The summed E-state index contributed by atoms with van der Waals surface area (Å²) in [5, 5.41) is 6.17. The Kier molecular flexibility index (Phi) is 6.35. The summed E-state index contributed by atoms with van der Waals surface area (Å²) in [6.07, 6.45) is -3.33. The Labute approximate surface area is 174 Å². The maximum Gasteiger partial charge on any atom is 0.433 e. The molecule has 2 aromatic rings. The Morgan fingerprint density at radius 1 is 1.33 bits per heavy atom. The van der Waals surface area contributed by atoms with Gasteiger partial charge in [-0.15, -0.1) is 0 Å². The van der Waals surface area contributed by atoms with Crippen LogP contribution in [0.1, 0.15) is 29.8 Å². The number of nitrogens with one attached hydrogen (secondary N) is 1. The molecule has 30 heavy (non-hydrogen) atoms. The second-order valence-electron chi connectivity index (χ2n) is 7.07. The molecule has 0 unspecified atom stereocenters. The van der Waals surface area contributed by atoms with Crippen LogP contribution in [-0.4, -0.2) is 39.1 Å². The molecule has 162 valence electrons. The molecule has 1 aromatic heterocycles. The van der Waals surface area contributed by atoms with Crippen molar-refractivity contribution in [3.05, 3.63) is 52.1 Å². The fraction of sp³-hybridized carbons (Fsp3) is 0.421. The van der Waals surface area contributed by atoms with Gasteiger partial charge in [0.15, 0.2) is 0 Å². The molecule has 1 fully saturated rings. The second-order valence-corrected chi connectivity index (χ2v) is 7.48. The van der Waals surface area contributed by atoms with Crippen LogP contribution in [0.2, 0.25) is 5.02 Å². The van der Waals surface area contributed by atoms with E-state index in [1.807, 2.05) is 0 Å². The van der Waals surface area contributed by atoms with Gasteiger partial charge >= 0.3 is 6.18 Å². The first-order chi connectivity index (χ1) is 14.1. The molecule has 0 atom stereocenters. The van der Waals surface area contributed by atoms with Gasteiger partial charge in [-0.2, -0.15) is 18.3 Å². The lowest BCUT2D eigenvalue weighted by Gasteiger charge is -2.22. The summed E-state index contributed by atoms with van der Waals surface area (Å²) < 4.78 is 53.9. The number of carbonyl (C=O) groups is 2. The maximum atomic E-state index is 13.9. The molecule has 0 aliphatic heterocycles. The van der Waals surface area contributed by atoms with Crippen LogP contribution in [0, 0.1) is 12.7 Å². The number of halogens is 5. The predicted molar refractivity (Wildman–Crippen MR) is 100.0 cm³/mol. The van der Waals surface area contributed by atoms with Crippen LogP contribution in [-0.2, 0) is 28.9 Å². The number of hydrogen-bond donors (Lipinski definition) is 1. The van der Waals surface area contributed by atoms with Crippen molar-refractivity contribution in [2.45, 2.75) is 45.1 Å². The Morgan fingerprint density at radius 2 is 2.03 bits per heavy atom. The van der Waals surface area contributed by atoms with Gasteiger partial charge in [-0.25, -0.2) is 4.39 Å². The first kappa shape index (κ1) is 22.1. The van der Waals surface area contributed by atoms with E-state index >= 15 is 0 Å². The van der Waals surface area contributed by atoms with Crippen molar-refractivity contribution >= 4 is 23.4 Å². The number of carbonyl (C=O) groups excluding carboxylic acids is 2. The number of aromatic nitrogens is 2. The number of alkyl halides is 3. The number of rotatable bonds is 7. The monoisotopic (exact) mass is 446 g/mol. The normalized spacial score (nSPS) is 13.9. The van der Waals surface area contributed by atoms with Crippen molar-refractivity contribution < 1.29 is 27.2 Å². The van der Waals surface area contributed by atoms with Crippen molar-refractivity contribution in [1.82, 2.24) is 20.0 Å². The third-order valence-electron chi connectivity index (χ3n) is 4.61. The molecule has 11 heteroatoms. The Bertz CT molecular complexity index is 956. The van der Waals surface area contributed by atoms with Gasteiger partial charge in [0.1, 0.15) is 18.1 Å². The Hall–Kier alpha value is -2.62. The fourth-order valence-electron chi connectivity index (χ4n) is 3.01. The average Bonchev–Trinajstić information content (AvgIpc) is 3.42. The number of benzene rings is 1. The third-order valence-corrected chi connectivity index (χ3v) is 4.90. The minimum Gasteiger partial charge on any atom is -0.350 e. The molecule has 1 heterocycles. The number of nitrogens with zero attached hydrogens (tertiary/aromatic N) is 3. The van der Waals surface area contributed by atoms with Gasteiger partial charge in [0.25, 0.3) is 0 Å². The van der Waals surface area contributed by atoms with Crippen LogP contribution in [0.4, 0.5) is 17.6 Å². The van der Waals surface area contributed by atoms with E-state index < -0.39 is 36.0 Å². The Balaban J connectivity index is 1.64. The molecule has 2 amide bonds. The zero-order valence-electron chi connectivity index (χ0n) is 16.0. The van der Waals surface area contributed by atoms with E-state index in [0.29, 0.717) is 17.5 Å². The minimum absolute atomic E-state index is 0.0773. The highest BCUT2D eigenvalue weighted by Crippen LogP contribution is 2.31. The molecule has 1 saturated carbocycles. The van der Waals surface area contributed by atoms with Gasteiger partial charge in [0.2, 0.25) is 11.8 Å². The summed E-state index contributed by atoms with van der Waals surface area (Å²) in [5.74, 6) is -1.85. The van der Waals surface area contributed by atoms with E-state index in [9.17, 15) is 27.2 Å². The van der Waals surface area contributed by atoms with E-state index in [1.54, 1.807) is 0 Å². The molecule has 6 nitrogen and oxygen atoms in total. The molecular formula is C19H19ClF4N4O2. The highest BCUT2D eigenvalue weighted by atomic mass is 35.5. The Morgan fingerprint density at radius 3 is 2.67 bits per heavy atom. The van der Waals surface area contributed by atoms with Gasteiger partial charge < -0.3 is 10.2 Å². The summed E-state index contributed by atoms with van der Waals surface area (Å²) in [6, 6.07) is 5.03. The third kappa shape index (κ3) is 5.29. The first-order valence-corrected chi connectivity index (χ1v) is 9.54. The lowest BCUT2D eigenvalue weighted by atomic mass is 10.2. The van der Waals surface area contributed by atoms with E-state index in [-0.39, 0.29) is 35.4 Å². The summed E-state index contributed by atoms with van der Waals surface area (Å²) in [7, 11) is 0. The van der Waals surface area contributed by atoms with Crippen molar-refractivity contribution in [1.29, 1.82) is 0 Å². The molecule has 3 rings (SSSR count). The molecule has 1 N–H and O–H groups in total. The average molecular weight is 447 g/mol. The smallest absolute Gasteiger partial charge is 0.350 e. The van der Waals surface area contributed by atoms with E-state index in [0.717, 1.165) is 6.07 Å². The van der Waals surface area contributed by atoms with Crippen LogP contribution in [0.5, 0.6) is 0 Å². The van der Waals surface area contributed by atoms with Gasteiger partial charge in [0.05, 0.1) is 17.3 Å². The molecular weight excluding hydrogens is 428 g/mol. The molecule has 1 aliphatic rings. The summed E-state index contributed by atoms with van der Waals surface area (Å²) in [4.78, 5) is 26.1. The van der Waals surface area contributed by atoms with Gasteiger partial charge in [0, 0.05) is 18.2 Å². The molecule has 1 aliphatic carbocycles. The fourth-order valence-corrected chi connectivity index (χ4v) is 3.20. The van der Waals surface area contributed by atoms with Crippen LogP contribution < -0.4 is 5.32 Å². The first-order valence-electron chi connectivity index (χ1n) is 9.17. The standard InChI is InChI=1S/C19H19ClF4N4O2/c1-11-7-15(19(22,23)24)28(26-11)10-17(30)27(13-5-6-13)9-16(29)25-8-12-3-2-4-14(20)18(12)21/h2-4,7,13H,5-6,8-10H2,1H3,(H,25,29). The lowest BCUT2D eigenvalue weighted by Crippen LogP contribution is -2.43. The van der Waals surface area contributed by atoms with Crippen molar-refractivity contribution in [2.75, 3.05) is 6.54 Å². The van der Waals surface area contributed by atoms with E-state index in [4.69, 9.17) is 11.6 Å². The van der Waals surface area contributed by atoms with E-state index in [1.165, 1.54) is 30.0 Å². The van der Waals surface area contributed by atoms with Gasteiger partial charge in [-0.3, -0.25) is 14.3 Å². The zero-order chi connectivity index (χ0) is 22.1. The quantitative estimate of drug-likeness (QED) is 0.664. The summed E-state index contributed by atoms with van der Waals surface area (Å²) >= 11 is 5.70. The van der Waals surface area contributed by atoms with E-state index in [2.05, 4.69) is 10.4 Å². The second kappa shape index (κ2) is 8.63. The predicted octanol–water partition coefficient (Wildman–Crippen LogP) is 3.31. The van der Waals surface area contributed by atoms with Crippen molar-refractivity contribution in [3.63, 3.8) is 0 Å². The number of aryl methyl sites for hydroxylation is 1. The lowest BCUT2D eigenvalue weighted by molar-refractivity contribution is -0.146. The molecule has 0 spiro atoms. The maximum absolute atomic E-state index is 13.9. The van der Waals surface area contributed by atoms with Crippen LogP contribution in [0.25, 0.3) is 0 Å². The van der Waals surface area contributed by atoms with Crippen LogP contribution in [0.15, 0.2) is 24.3 Å². The van der Waals surface area contributed by atoms with Crippen molar-refractivity contribution in [3.8, 4) is 0 Å². The summed E-state index contributed by atoms with van der Waals surface area (Å²) in [6.45, 7) is 0.300. The SMILES string of the molecule is Cc1cc(C(F)(F)F)n(CC(=O)N(CC(=O)NCc2cccc(Cl)c2F)C2CC2)n1. The van der Waals surface area contributed by atoms with Crippen molar-refractivity contribution in [2.24, 2.45) is 0 Å². The van der Waals surface area contributed by atoms with Gasteiger partial charge in [-0.1, -0.05) is 23.7 Å². The highest BCUT2D eigenvalue weighted by Gasteiger charge is 2.38. The highest BCUT2D eigenvalue weighted by molar-refractivity contribution is 6.30. The largest absolute Gasteiger partial charge is 0.433 e. The molecule has 0 radical (unpaired) electrons. The zero-order valence-corrected chi connectivity index (χ0v) is 16.7. The topological polar surface area (TPSA) is 67.2 Å². The number of hydrogen-bond acceptors (Lipinski definition) is 3.